The zero-order valence-electron chi connectivity index (χ0n) is 19.4. The van der Waals surface area contributed by atoms with Crippen molar-refractivity contribution >= 4 is 34.3 Å². The summed E-state index contributed by atoms with van der Waals surface area (Å²) in [6.45, 7) is 8.10. The number of nitrogens with zero attached hydrogens (tertiary/aromatic N) is 5. The number of anilines is 2. The highest BCUT2D eigenvalue weighted by molar-refractivity contribution is 5.94. The van der Waals surface area contributed by atoms with Crippen molar-refractivity contribution in [3.05, 3.63) is 64.7 Å². The third kappa shape index (κ3) is 3.66. The van der Waals surface area contributed by atoms with Gasteiger partial charge in [0.25, 0.3) is 5.78 Å². The molecule has 0 spiro atoms. The van der Waals surface area contributed by atoms with Crippen molar-refractivity contribution < 1.29 is 9.50 Å². The molecule has 5 rings (SSSR count). The minimum atomic E-state index is -0.898. The standard InChI is InChI=1S/C26H28FN5O/c1-16(26(3,4)33)15-18-9-7-12-21-19(18)10-5-6-14-31(21)24-23-20(27)11-8-13-22(23)32-17(2)29-30-25(32)28-24/h7-9,11-13,15,33H,5-6,10,14H2,1-4H3. The fraction of sp³-hybridized carbons (Fsp3) is 0.346. The van der Waals surface area contributed by atoms with Crippen LogP contribution >= 0.6 is 0 Å². The smallest absolute Gasteiger partial charge is 0.257 e. The second-order valence-electron chi connectivity index (χ2n) is 9.29. The number of halogens is 1. The summed E-state index contributed by atoms with van der Waals surface area (Å²) in [7, 11) is 0. The Labute approximate surface area is 192 Å². The van der Waals surface area contributed by atoms with Gasteiger partial charge in [0.05, 0.1) is 16.5 Å². The summed E-state index contributed by atoms with van der Waals surface area (Å²) in [6, 6.07) is 11.2. The maximum atomic E-state index is 15.3. The van der Waals surface area contributed by atoms with Gasteiger partial charge in [0.1, 0.15) is 17.5 Å². The van der Waals surface area contributed by atoms with E-state index in [1.165, 1.54) is 11.6 Å². The third-order valence-electron chi connectivity index (χ3n) is 6.60. The molecule has 0 atom stereocenters. The molecule has 0 bridgehead atoms. The minimum absolute atomic E-state index is 0.315. The van der Waals surface area contributed by atoms with Crippen LogP contribution in [-0.2, 0) is 6.42 Å². The van der Waals surface area contributed by atoms with Crippen molar-refractivity contribution in [2.45, 2.75) is 52.6 Å². The van der Waals surface area contributed by atoms with Crippen LogP contribution < -0.4 is 4.90 Å². The number of fused-ring (bicyclic) bond motifs is 4. The quantitative estimate of drug-likeness (QED) is 0.459. The van der Waals surface area contributed by atoms with Crippen LogP contribution in [0.1, 0.15) is 50.6 Å². The van der Waals surface area contributed by atoms with Crippen LogP contribution in [0.2, 0.25) is 0 Å². The molecule has 1 N–H and O–H groups in total. The summed E-state index contributed by atoms with van der Waals surface area (Å²) < 4.78 is 17.1. The van der Waals surface area contributed by atoms with Crippen LogP contribution in [0.25, 0.3) is 22.8 Å². The number of hydrogen-bond donors (Lipinski definition) is 1. The lowest BCUT2D eigenvalue weighted by atomic mass is 9.94. The molecule has 0 saturated carbocycles. The topological polar surface area (TPSA) is 66.6 Å². The van der Waals surface area contributed by atoms with E-state index in [2.05, 4.69) is 33.3 Å². The molecule has 0 amide bonds. The molecule has 0 fully saturated rings. The van der Waals surface area contributed by atoms with Gasteiger partial charge in [0.15, 0.2) is 0 Å². The van der Waals surface area contributed by atoms with Crippen molar-refractivity contribution in [1.29, 1.82) is 0 Å². The Balaban J connectivity index is 1.77. The van der Waals surface area contributed by atoms with E-state index in [0.29, 0.717) is 28.3 Å². The van der Waals surface area contributed by atoms with E-state index in [-0.39, 0.29) is 5.82 Å². The molecule has 170 valence electrons. The molecule has 33 heavy (non-hydrogen) atoms. The van der Waals surface area contributed by atoms with Gasteiger partial charge >= 0.3 is 0 Å². The maximum absolute atomic E-state index is 15.3. The van der Waals surface area contributed by atoms with Crippen molar-refractivity contribution in [2.24, 2.45) is 0 Å². The fourth-order valence-corrected chi connectivity index (χ4v) is 4.55. The zero-order valence-corrected chi connectivity index (χ0v) is 19.4. The molecule has 7 heteroatoms. The molecule has 2 aromatic carbocycles. The average molecular weight is 446 g/mol. The lowest BCUT2D eigenvalue weighted by molar-refractivity contribution is 0.121. The van der Waals surface area contributed by atoms with Crippen molar-refractivity contribution in [3.8, 4) is 0 Å². The van der Waals surface area contributed by atoms with Crippen LogP contribution in [0.15, 0.2) is 42.0 Å². The summed E-state index contributed by atoms with van der Waals surface area (Å²) in [4.78, 5) is 6.92. The summed E-state index contributed by atoms with van der Waals surface area (Å²) in [5.41, 5.74) is 3.97. The Kier molecular flexibility index (Phi) is 5.16. The van der Waals surface area contributed by atoms with Crippen LogP contribution in [-0.4, -0.2) is 36.8 Å². The largest absolute Gasteiger partial charge is 0.386 e. The molecule has 3 heterocycles. The predicted octanol–water partition coefficient (Wildman–Crippen LogP) is 5.37. The molecule has 0 radical (unpaired) electrons. The van der Waals surface area contributed by atoms with E-state index in [0.717, 1.165) is 42.6 Å². The van der Waals surface area contributed by atoms with E-state index >= 15 is 4.39 Å². The van der Waals surface area contributed by atoms with Crippen molar-refractivity contribution in [3.63, 3.8) is 0 Å². The molecular weight excluding hydrogens is 417 g/mol. The summed E-state index contributed by atoms with van der Waals surface area (Å²) in [5, 5.41) is 19.3. The van der Waals surface area contributed by atoms with Gasteiger partial charge in [-0.2, -0.15) is 4.98 Å². The van der Waals surface area contributed by atoms with E-state index in [4.69, 9.17) is 4.98 Å². The second kappa shape index (κ2) is 7.92. The monoisotopic (exact) mass is 445 g/mol. The number of rotatable bonds is 3. The molecule has 0 unspecified atom stereocenters. The van der Waals surface area contributed by atoms with Gasteiger partial charge in [0, 0.05) is 12.2 Å². The van der Waals surface area contributed by atoms with E-state index in [9.17, 15) is 5.11 Å². The molecule has 2 aromatic heterocycles. The molecule has 1 aliphatic rings. The highest BCUT2D eigenvalue weighted by Crippen LogP contribution is 2.39. The van der Waals surface area contributed by atoms with Crippen LogP contribution in [0.5, 0.6) is 0 Å². The van der Waals surface area contributed by atoms with Gasteiger partial charge in [-0.05, 0) is 81.9 Å². The van der Waals surface area contributed by atoms with Crippen LogP contribution in [0, 0.1) is 12.7 Å². The van der Waals surface area contributed by atoms with Crippen molar-refractivity contribution in [2.75, 3.05) is 11.4 Å². The van der Waals surface area contributed by atoms with Gasteiger partial charge < -0.3 is 10.0 Å². The first-order chi connectivity index (χ1) is 15.8. The summed E-state index contributed by atoms with van der Waals surface area (Å²) >= 11 is 0. The molecule has 1 aliphatic heterocycles. The van der Waals surface area contributed by atoms with Gasteiger partial charge in [-0.3, -0.25) is 4.40 Å². The van der Waals surface area contributed by atoms with E-state index < -0.39 is 5.60 Å². The highest BCUT2D eigenvalue weighted by atomic mass is 19.1. The highest BCUT2D eigenvalue weighted by Gasteiger charge is 2.25. The predicted molar refractivity (Wildman–Crippen MR) is 129 cm³/mol. The molecular formula is C26H28FN5O. The van der Waals surface area contributed by atoms with Gasteiger partial charge in [-0.15, -0.1) is 10.2 Å². The van der Waals surface area contributed by atoms with E-state index in [1.54, 1.807) is 24.3 Å². The van der Waals surface area contributed by atoms with Crippen LogP contribution in [0.3, 0.4) is 0 Å². The first kappa shape index (κ1) is 21.5. The van der Waals surface area contributed by atoms with Gasteiger partial charge in [0.2, 0.25) is 0 Å². The maximum Gasteiger partial charge on any atom is 0.257 e. The Morgan fingerprint density at radius 2 is 1.91 bits per heavy atom. The fourth-order valence-electron chi connectivity index (χ4n) is 4.55. The number of benzene rings is 2. The Hall–Kier alpha value is -3.32. The second-order valence-corrected chi connectivity index (χ2v) is 9.29. The zero-order chi connectivity index (χ0) is 23.3. The SMILES string of the molecule is CC(=Cc1cccc2c1CCCCN2c1nc2nnc(C)n2c2cccc(F)c12)C(C)(C)O. The van der Waals surface area contributed by atoms with Gasteiger partial charge in [-0.1, -0.05) is 24.3 Å². The summed E-state index contributed by atoms with van der Waals surface area (Å²) in [6.07, 6.45) is 4.93. The molecule has 0 aliphatic carbocycles. The van der Waals surface area contributed by atoms with Gasteiger partial charge in [-0.25, -0.2) is 4.39 Å². The summed E-state index contributed by atoms with van der Waals surface area (Å²) in [5.74, 6) is 1.38. The Bertz CT molecular complexity index is 1400. The van der Waals surface area contributed by atoms with E-state index in [1.807, 2.05) is 26.0 Å². The Morgan fingerprint density at radius 1 is 1.12 bits per heavy atom. The number of aliphatic hydroxyl groups is 1. The van der Waals surface area contributed by atoms with Crippen molar-refractivity contribution in [1.82, 2.24) is 19.6 Å². The first-order valence-corrected chi connectivity index (χ1v) is 11.4. The molecule has 6 nitrogen and oxygen atoms in total. The number of aryl methyl sites for hydroxylation is 1. The lowest BCUT2D eigenvalue weighted by Gasteiger charge is -2.26. The Morgan fingerprint density at radius 3 is 2.70 bits per heavy atom. The number of hydrogen-bond acceptors (Lipinski definition) is 5. The molecule has 0 saturated heterocycles. The minimum Gasteiger partial charge on any atom is -0.386 e. The normalized spacial score (nSPS) is 15.2. The lowest BCUT2D eigenvalue weighted by Crippen LogP contribution is -2.21. The molecule has 4 aromatic rings. The average Bonchev–Trinajstić information content (AvgIpc) is 3.00. The first-order valence-electron chi connectivity index (χ1n) is 11.4. The third-order valence-corrected chi connectivity index (χ3v) is 6.60. The van der Waals surface area contributed by atoms with Crippen LogP contribution in [0.4, 0.5) is 15.9 Å². The number of aromatic nitrogens is 4.